The molecular formula is C26H39N5O4S. The number of amides is 1. The van der Waals surface area contributed by atoms with Gasteiger partial charge in [-0.15, -0.1) is 0 Å². The van der Waals surface area contributed by atoms with Crippen LogP contribution in [-0.4, -0.2) is 56.2 Å². The maximum atomic E-state index is 13.0. The van der Waals surface area contributed by atoms with Crippen LogP contribution in [0.2, 0.25) is 0 Å². The van der Waals surface area contributed by atoms with Gasteiger partial charge in [-0.1, -0.05) is 19.3 Å². The van der Waals surface area contributed by atoms with Crippen LogP contribution in [-0.2, 0) is 21.3 Å². The van der Waals surface area contributed by atoms with Crippen molar-refractivity contribution in [1.82, 2.24) is 14.6 Å². The Balaban J connectivity index is 1.69. The van der Waals surface area contributed by atoms with Crippen LogP contribution in [0, 0.1) is 0 Å². The van der Waals surface area contributed by atoms with E-state index in [1.54, 1.807) is 52.3 Å². The minimum Gasteiger partial charge on any atom is -0.444 e. The lowest BCUT2D eigenvalue weighted by Gasteiger charge is -2.26. The summed E-state index contributed by atoms with van der Waals surface area (Å²) in [5.41, 5.74) is 2.05. The molecule has 1 saturated carbocycles. The summed E-state index contributed by atoms with van der Waals surface area (Å²) in [6, 6.07) is 9.32. The highest BCUT2D eigenvalue weighted by atomic mass is 32.2. The van der Waals surface area contributed by atoms with Gasteiger partial charge >= 0.3 is 6.09 Å². The molecule has 9 nitrogen and oxygen atoms in total. The molecule has 36 heavy (non-hydrogen) atoms. The number of nitrogens with zero attached hydrogens (tertiary/aromatic N) is 2. The van der Waals surface area contributed by atoms with Gasteiger partial charge < -0.3 is 20.3 Å². The minimum atomic E-state index is -3.78. The molecule has 1 amide bonds. The molecule has 3 N–H and O–H groups in total. The summed E-state index contributed by atoms with van der Waals surface area (Å²) < 4.78 is 34.0. The van der Waals surface area contributed by atoms with Crippen LogP contribution in [0.15, 0.2) is 47.6 Å². The van der Waals surface area contributed by atoms with Gasteiger partial charge in [0.1, 0.15) is 5.60 Å². The first kappa shape index (κ1) is 27.7. The second-order valence-corrected chi connectivity index (χ2v) is 12.0. The smallest absolute Gasteiger partial charge is 0.410 e. The van der Waals surface area contributed by atoms with E-state index in [1.807, 2.05) is 18.2 Å². The average molecular weight is 518 g/mol. The highest BCUT2D eigenvalue weighted by molar-refractivity contribution is 7.89. The van der Waals surface area contributed by atoms with Crippen molar-refractivity contribution in [3.63, 3.8) is 0 Å². The summed E-state index contributed by atoms with van der Waals surface area (Å²) in [5.74, 6) is 0. The van der Waals surface area contributed by atoms with Crippen molar-refractivity contribution in [2.75, 3.05) is 30.8 Å². The van der Waals surface area contributed by atoms with Gasteiger partial charge in [0.05, 0.1) is 16.3 Å². The molecule has 1 aromatic carbocycles. The molecule has 0 spiro atoms. The first-order valence-electron chi connectivity index (χ1n) is 12.5. The molecule has 0 atom stereocenters. The van der Waals surface area contributed by atoms with Gasteiger partial charge in [-0.3, -0.25) is 4.98 Å². The van der Waals surface area contributed by atoms with E-state index in [2.05, 4.69) is 20.3 Å². The van der Waals surface area contributed by atoms with Crippen LogP contribution >= 0.6 is 0 Å². The lowest BCUT2D eigenvalue weighted by Crippen LogP contribution is -2.39. The van der Waals surface area contributed by atoms with Gasteiger partial charge in [-0.2, -0.15) is 0 Å². The quantitative estimate of drug-likeness (QED) is 0.423. The SMILES string of the molecule is CN(CCNS(=O)(=O)c1ccc(NC2CCCCC2)c(NCc2ccncc2)c1)C(=O)OC(C)(C)C. The Labute approximate surface area is 215 Å². The third-order valence-corrected chi connectivity index (χ3v) is 7.40. The van der Waals surface area contributed by atoms with Crippen LogP contribution in [0.25, 0.3) is 0 Å². The van der Waals surface area contributed by atoms with Gasteiger partial charge in [0.15, 0.2) is 0 Å². The number of nitrogens with one attached hydrogen (secondary N) is 3. The Morgan fingerprint density at radius 2 is 1.78 bits per heavy atom. The molecule has 1 fully saturated rings. The Hall–Kier alpha value is -2.85. The van der Waals surface area contributed by atoms with Crippen molar-refractivity contribution in [2.24, 2.45) is 0 Å². The zero-order chi connectivity index (χ0) is 26.2. The van der Waals surface area contributed by atoms with E-state index >= 15 is 0 Å². The van der Waals surface area contributed by atoms with E-state index in [0.717, 1.165) is 29.8 Å². The molecule has 2 aromatic rings. The Morgan fingerprint density at radius 1 is 1.08 bits per heavy atom. The highest BCUT2D eigenvalue weighted by Gasteiger charge is 2.21. The third kappa shape index (κ3) is 8.67. The molecule has 3 rings (SSSR count). The number of anilines is 2. The molecular weight excluding hydrogens is 478 g/mol. The third-order valence-electron chi connectivity index (χ3n) is 5.94. The number of sulfonamides is 1. The topological polar surface area (TPSA) is 113 Å². The van der Waals surface area contributed by atoms with Crippen molar-refractivity contribution < 1.29 is 17.9 Å². The lowest BCUT2D eigenvalue weighted by molar-refractivity contribution is 0.0302. The van der Waals surface area contributed by atoms with Gasteiger partial charge in [0.25, 0.3) is 0 Å². The van der Waals surface area contributed by atoms with Crippen LogP contribution in [0.5, 0.6) is 0 Å². The number of aromatic nitrogens is 1. The predicted octanol–water partition coefficient (Wildman–Crippen LogP) is 4.58. The molecule has 198 valence electrons. The minimum absolute atomic E-state index is 0.0694. The number of pyridine rings is 1. The number of likely N-dealkylation sites (N-methyl/N-ethyl adjacent to an activating group) is 1. The summed E-state index contributed by atoms with van der Waals surface area (Å²) in [6.07, 6.45) is 8.85. The molecule has 1 aliphatic carbocycles. The highest BCUT2D eigenvalue weighted by Crippen LogP contribution is 2.29. The summed E-state index contributed by atoms with van der Waals surface area (Å²) in [5, 5.41) is 7.00. The zero-order valence-electron chi connectivity index (χ0n) is 21.7. The monoisotopic (exact) mass is 517 g/mol. The fourth-order valence-electron chi connectivity index (χ4n) is 3.99. The van der Waals surface area contributed by atoms with Gasteiger partial charge in [0.2, 0.25) is 10.0 Å². The Kier molecular flexibility index (Phi) is 9.56. The van der Waals surface area contributed by atoms with Crippen molar-refractivity contribution >= 4 is 27.5 Å². The molecule has 1 aromatic heterocycles. The van der Waals surface area contributed by atoms with Gasteiger partial charge in [0, 0.05) is 45.1 Å². The standard InChI is InChI=1S/C26H39N5O4S/c1-26(2,3)35-25(32)31(4)17-16-29-36(33,34)22-10-11-23(30-21-8-6-5-7-9-21)24(18-22)28-19-20-12-14-27-15-13-20/h10-15,18,21,28-30H,5-9,16-17,19H2,1-4H3. The normalized spacial score (nSPS) is 14.8. The number of hydrogen-bond acceptors (Lipinski definition) is 7. The second-order valence-electron chi connectivity index (χ2n) is 10.2. The number of carbonyl (C=O) groups excluding carboxylic acids is 1. The number of carbonyl (C=O) groups is 1. The Morgan fingerprint density at radius 3 is 2.44 bits per heavy atom. The second kappa shape index (κ2) is 12.4. The zero-order valence-corrected chi connectivity index (χ0v) is 22.5. The van der Waals surface area contributed by atoms with E-state index < -0.39 is 21.7 Å². The fraction of sp³-hybridized carbons (Fsp3) is 0.538. The van der Waals surface area contributed by atoms with E-state index in [1.165, 1.54) is 24.2 Å². The van der Waals surface area contributed by atoms with E-state index in [4.69, 9.17) is 4.74 Å². The molecule has 1 aliphatic rings. The first-order valence-corrected chi connectivity index (χ1v) is 14.0. The molecule has 10 heteroatoms. The molecule has 1 heterocycles. The van der Waals surface area contributed by atoms with Crippen molar-refractivity contribution in [3.05, 3.63) is 48.3 Å². The molecule has 0 unspecified atom stereocenters. The molecule has 0 radical (unpaired) electrons. The largest absolute Gasteiger partial charge is 0.444 e. The van der Waals surface area contributed by atoms with Crippen LogP contribution in [0.1, 0.15) is 58.4 Å². The van der Waals surface area contributed by atoms with E-state index in [-0.39, 0.29) is 18.0 Å². The maximum absolute atomic E-state index is 13.0. The Bertz CT molecular complexity index is 1100. The van der Waals surface area contributed by atoms with Crippen molar-refractivity contribution in [3.8, 4) is 0 Å². The molecule has 0 bridgehead atoms. The van der Waals surface area contributed by atoms with Crippen LogP contribution in [0.3, 0.4) is 0 Å². The van der Waals surface area contributed by atoms with Crippen molar-refractivity contribution in [2.45, 2.75) is 76.0 Å². The predicted molar refractivity (Wildman–Crippen MR) is 143 cm³/mol. The molecule has 0 aliphatic heterocycles. The summed E-state index contributed by atoms with van der Waals surface area (Å²) in [7, 11) is -2.20. The maximum Gasteiger partial charge on any atom is 0.410 e. The number of rotatable bonds is 10. The molecule has 0 saturated heterocycles. The van der Waals surface area contributed by atoms with Crippen molar-refractivity contribution in [1.29, 1.82) is 0 Å². The average Bonchev–Trinajstić information content (AvgIpc) is 2.83. The van der Waals surface area contributed by atoms with Crippen LogP contribution in [0.4, 0.5) is 16.2 Å². The summed E-state index contributed by atoms with van der Waals surface area (Å²) in [4.78, 5) is 17.7. The van der Waals surface area contributed by atoms with Crippen LogP contribution < -0.4 is 15.4 Å². The fourth-order valence-corrected chi connectivity index (χ4v) is 5.04. The number of benzene rings is 1. The summed E-state index contributed by atoms with van der Waals surface area (Å²) in [6.45, 7) is 6.15. The van der Waals surface area contributed by atoms with E-state index in [0.29, 0.717) is 12.6 Å². The number of hydrogen-bond donors (Lipinski definition) is 3. The first-order chi connectivity index (χ1) is 17.0. The van der Waals surface area contributed by atoms with E-state index in [9.17, 15) is 13.2 Å². The number of ether oxygens (including phenoxy) is 1. The summed E-state index contributed by atoms with van der Waals surface area (Å²) >= 11 is 0. The van der Waals surface area contributed by atoms with Gasteiger partial charge in [-0.25, -0.2) is 17.9 Å². The lowest BCUT2D eigenvalue weighted by atomic mass is 9.95. The van der Waals surface area contributed by atoms with Gasteiger partial charge in [-0.05, 0) is 69.5 Å².